The standard InChI is InChI=1S/C22H29N3O4/c1-22(2,3)19(21(28)23-4)24-20(27)17(13-18(26)25-29)12-14-9-10-15-7-5-6-8-16(15)11-14/h5-11,17,19,29H,12-13H2,1-4H3,(H,23,28)(H,24,27)(H,25,26)/t17?,19-/m1/s1. The lowest BCUT2D eigenvalue weighted by Gasteiger charge is -2.31. The molecule has 4 N–H and O–H groups in total. The van der Waals surface area contributed by atoms with Crippen LogP contribution >= 0.6 is 0 Å². The van der Waals surface area contributed by atoms with E-state index < -0.39 is 29.2 Å². The van der Waals surface area contributed by atoms with Gasteiger partial charge in [-0.05, 0) is 28.2 Å². The second-order valence-corrected chi connectivity index (χ2v) is 8.24. The molecule has 0 bridgehead atoms. The third kappa shape index (κ3) is 6.02. The number of hydrogen-bond donors (Lipinski definition) is 4. The van der Waals surface area contributed by atoms with Gasteiger partial charge in [-0.15, -0.1) is 0 Å². The Morgan fingerprint density at radius 2 is 1.66 bits per heavy atom. The molecule has 0 saturated heterocycles. The molecule has 0 aliphatic heterocycles. The lowest BCUT2D eigenvalue weighted by atomic mass is 9.85. The number of rotatable bonds is 7. The van der Waals surface area contributed by atoms with Gasteiger partial charge < -0.3 is 10.6 Å². The maximum Gasteiger partial charge on any atom is 0.244 e. The van der Waals surface area contributed by atoms with Gasteiger partial charge in [-0.2, -0.15) is 0 Å². The number of likely N-dealkylation sites (N-methyl/N-ethyl adjacent to an activating group) is 1. The SMILES string of the molecule is CNC(=O)[C@@H](NC(=O)C(CC(=O)NO)Cc1ccc2ccccc2c1)C(C)(C)C. The summed E-state index contributed by atoms with van der Waals surface area (Å²) in [6.07, 6.45) is 0.106. The Labute approximate surface area is 170 Å². The Kier molecular flexibility index (Phi) is 7.34. The monoisotopic (exact) mass is 399 g/mol. The van der Waals surface area contributed by atoms with E-state index in [0.29, 0.717) is 6.42 Å². The molecule has 0 spiro atoms. The molecule has 2 rings (SSSR count). The zero-order valence-electron chi connectivity index (χ0n) is 17.3. The van der Waals surface area contributed by atoms with Crippen molar-refractivity contribution >= 4 is 28.5 Å². The minimum atomic E-state index is -0.753. The first kappa shape index (κ1) is 22.4. The van der Waals surface area contributed by atoms with Crippen molar-refractivity contribution in [3.05, 3.63) is 48.0 Å². The Bertz CT molecular complexity index is 889. The summed E-state index contributed by atoms with van der Waals surface area (Å²) in [6, 6.07) is 13.0. The summed E-state index contributed by atoms with van der Waals surface area (Å²) < 4.78 is 0. The highest BCUT2D eigenvalue weighted by Crippen LogP contribution is 2.22. The Morgan fingerprint density at radius 3 is 2.24 bits per heavy atom. The third-order valence-corrected chi connectivity index (χ3v) is 4.88. The Morgan fingerprint density at radius 1 is 1.00 bits per heavy atom. The van der Waals surface area contributed by atoms with Gasteiger partial charge in [0.15, 0.2) is 0 Å². The number of hydrogen-bond acceptors (Lipinski definition) is 4. The van der Waals surface area contributed by atoms with Crippen LogP contribution in [0.3, 0.4) is 0 Å². The number of carbonyl (C=O) groups is 3. The van der Waals surface area contributed by atoms with Crippen molar-refractivity contribution in [2.75, 3.05) is 7.05 Å². The first-order valence-electron chi connectivity index (χ1n) is 9.58. The van der Waals surface area contributed by atoms with Crippen molar-refractivity contribution in [2.45, 2.75) is 39.7 Å². The molecule has 0 heterocycles. The van der Waals surface area contributed by atoms with Crippen molar-refractivity contribution in [3.8, 4) is 0 Å². The van der Waals surface area contributed by atoms with Crippen LogP contribution in [0.25, 0.3) is 10.8 Å². The average molecular weight is 399 g/mol. The molecule has 7 heteroatoms. The van der Waals surface area contributed by atoms with Crippen LogP contribution < -0.4 is 16.1 Å². The summed E-state index contributed by atoms with van der Waals surface area (Å²) in [4.78, 5) is 37.0. The van der Waals surface area contributed by atoms with Crippen molar-refractivity contribution < 1.29 is 19.6 Å². The fourth-order valence-electron chi connectivity index (χ4n) is 3.26. The van der Waals surface area contributed by atoms with Crippen LogP contribution in [0.2, 0.25) is 0 Å². The van der Waals surface area contributed by atoms with Crippen LogP contribution in [0.5, 0.6) is 0 Å². The van der Waals surface area contributed by atoms with Crippen LogP contribution in [0.4, 0.5) is 0 Å². The largest absolute Gasteiger partial charge is 0.357 e. The van der Waals surface area contributed by atoms with E-state index in [9.17, 15) is 14.4 Å². The number of benzene rings is 2. The summed E-state index contributed by atoms with van der Waals surface area (Å²) >= 11 is 0. The van der Waals surface area contributed by atoms with E-state index in [2.05, 4.69) is 10.6 Å². The minimum Gasteiger partial charge on any atom is -0.357 e. The average Bonchev–Trinajstić information content (AvgIpc) is 2.69. The molecule has 156 valence electrons. The Balaban J connectivity index is 2.26. The van der Waals surface area contributed by atoms with Crippen molar-refractivity contribution in [1.82, 2.24) is 16.1 Å². The number of carbonyl (C=O) groups excluding carboxylic acids is 3. The van der Waals surface area contributed by atoms with Crippen molar-refractivity contribution in [3.63, 3.8) is 0 Å². The maximum absolute atomic E-state index is 13.0. The van der Waals surface area contributed by atoms with E-state index in [1.807, 2.05) is 63.2 Å². The first-order chi connectivity index (χ1) is 13.7. The van der Waals surface area contributed by atoms with Crippen LogP contribution in [0, 0.1) is 11.3 Å². The van der Waals surface area contributed by atoms with Gasteiger partial charge in [0, 0.05) is 13.5 Å². The predicted molar refractivity (Wildman–Crippen MR) is 111 cm³/mol. The number of nitrogens with one attached hydrogen (secondary N) is 3. The van der Waals surface area contributed by atoms with Gasteiger partial charge in [0.05, 0.1) is 5.92 Å². The number of hydroxylamine groups is 1. The molecule has 0 aliphatic rings. The first-order valence-corrected chi connectivity index (χ1v) is 9.58. The molecule has 0 saturated carbocycles. The van der Waals surface area contributed by atoms with Gasteiger partial charge in [0.25, 0.3) is 0 Å². The molecule has 0 radical (unpaired) electrons. The highest BCUT2D eigenvalue weighted by molar-refractivity contribution is 5.91. The van der Waals surface area contributed by atoms with Gasteiger partial charge >= 0.3 is 0 Å². The molecule has 2 aromatic carbocycles. The molecular formula is C22H29N3O4. The second-order valence-electron chi connectivity index (χ2n) is 8.24. The Hall–Kier alpha value is -2.93. The molecule has 0 aliphatic carbocycles. The number of fused-ring (bicyclic) bond motifs is 1. The summed E-state index contributed by atoms with van der Waals surface area (Å²) in [7, 11) is 1.51. The van der Waals surface area contributed by atoms with Crippen LogP contribution in [0.15, 0.2) is 42.5 Å². The molecule has 2 atom stereocenters. The van der Waals surface area contributed by atoms with Gasteiger partial charge in [-0.1, -0.05) is 63.2 Å². The normalized spacial score (nSPS) is 13.4. The van der Waals surface area contributed by atoms with Gasteiger partial charge in [0.1, 0.15) is 6.04 Å². The molecular weight excluding hydrogens is 370 g/mol. The summed E-state index contributed by atoms with van der Waals surface area (Å²) in [5.41, 5.74) is 1.96. The second kappa shape index (κ2) is 9.52. The van der Waals surface area contributed by atoms with Crippen LogP contribution in [-0.4, -0.2) is 36.0 Å². The fraction of sp³-hybridized carbons (Fsp3) is 0.409. The molecule has 7 nitrogen and oxygen atoms in total. The maximum atomic E-state index is 13.0. The lowest BCUT2D eigenvalue weighted by Crippen LogP contribution is -2.54. The summed E-state index contributed by atoms with van der Waals surface area (Å²) in [5, 5.41) is 16.4. The molecule has 1 unspecified atom stereocenters. The predicted octanol–water partition coefficient (Wildman–Crippen LogP) is 2.17. The zero-order valence-corrected chi connectivity index (χ0v) is 17.3. The molecule has 0 aromatic heterocycles. The lowest BCUT2D eigenvalue weighted by molar-refractivity contribution is -0.137. The van der Waals surface area contributed by atoms with E-state index in [0.717, 1.165) is 16.3 Å². The molecule has 2 aromatic rings. The fourth-order valence-corrected chi connectivity index (χ4v) is 3.26. The van der Waals surface area contributed by atoms with Gasteiger partial charge in [0.2, 0.25) is 17.7 Å². The van der Waals surface area contributed by atoms with Crippen LogP contribution in [-0.2, 0) is 20.8 Å². The highest BCUT2D eigenvalue weighted by atomic mass is 16.5. The van der Waals surface area contributed by atoms with E-state index in [1.54, 1.807) is 5.48 Å². The number of amides is 3. The smallest absolute Gasteiger partial charge is 0.244 e. The van der Waals surface area contributed by atoms with Crippen LogP contribution in [0.1, 0.15) is 32.8 Å². The van der Waals surface area contributed by atoms with E-state index >= 15 is 0 Å². The third-order valence-electron chi connectivity index (χ3n) is 4.88. The summed E-state index contributed by atoms with van der Waals surface area (Å²) in [5.74, 6) is -2.11. The summed E-state index contributed by atoms with van der Waals surface area (Å²) in [6.45, 7) is 5.56. The molecule has 0 fully saturated rings. The highest BCUT2D eigenvalue weighted by Gasteiger charge is 2.34. The van der Waals surface area contributed by atoms with Gasteiger partial charge in [-0.25, -0.2) is 5.48 Å². The van der Waals surface area contributed by atoms with E-state index in [-0.39, 0.29) is 12.3 Å². The van der Waals surface area contributed by atoms with Crippen molar-refractivity contribution in [2.24, 2.45) is 11.3 Å². The topological polar surface area (TPSA) is 108 Å². The van der Waals surface area contributed by atoms with E-state index in [4.69, 9.17) is 5.21 Å². The minimum absolute atomic E-state index is 0.195. The molecule has 3 amide bonds. The quantitative estimate of drug-likeness (QED) is 0.423. The van der Waals surface area contributed by atoms with E-state index in [1.165, 1.54) is 7.05 Å². The molecule has 29 heavy (non-hydrogen) atoms. The van der Waals surface area contributed by atoms with Gasteiger partial charge in [-0.3, -0.25) is 19.6 Å². The van der Waals surface area contributed by atoms with Crippen molar-refractivity contribution in [1.29, 1.82) is 0 Å². The zero-order chi connectivity index (χ0) is 21.6.